The number of halogens is 2. The number of carbonyl (C=O) groups excluding carboxylic acids is 2. The molecule has 1 atom stereocenters. The second kappa shape index (κ2) is 14.9. The molecule has 0 aliphatic carbocycles. The fourth-order valence-corrected chi connectivity index (χ4v) is 5.18. The minimum Gasteiger partial charge on any atom is -0.354 e. The van der Waals surface area contributed by atoms with Crippen molar-refractivity contribution >= 4 is 46.8 Å². The third-order valence-electron chi connectivity index (χ3n) is 5.75. The molecule has 0 aliphatic rings. The average molecular weight is 544 g/mol. The number of nitrogens with zero attached hydrogens (tertiary/aromatic N) is 1. The second-order valence-electron chi connectivity index (χ2n) is 8.54. The molecule has 0 saturated heterocycles. The largest absolute Gasteiger partial charge is 0.354 e. The molecule has 0 aliphatic heterocycles. The van der Waals surface area contributed by atoms with Crippen LogP contribution < -0.4 is 5.32 Å². The summed E-state index contributed by atoms with van der Waals surface area (Å²) in [6.45, 7) is 2.79. The van der Waals surface area contributed by atoms with Gasteiger partial charge < -0.3 is 10.2 Å². The van der Waals surface area contributed by atoms with Crippen molar-refractivity contribution in [2.75, 3.05) is 12.3 Å². The normalized spacial score (nSPS) is 11.6. The standard InChI is InChI=1S/C29H32Cl2N2O2S/c1-2-16-32-29(35)27(18-22-9-5-3-6-10-22)33(20-24-13-14-25(30)19-26(24)31)28(34)15-17-36-21-23-11-7-4-8-12-23/h3-14,19,27H,2,15-18,20-21H2,1H3,(H,32,35). The molecular formula is C29H32Cl2N2O2S. The lowest BCUT2D eigenvalue weighted by molar-refractivity contribution is -0.141. The summed E-state index contributed by atoms with van der Waals surface area (Å²) in [4.78, 5) is 28.6. The summed E-state index contributed by atoms with van der Waals surface area (Å²) in [5, 5.41) is 4.00. The van der Waals surface area contributed by atoms with Crippen molar-refractivity contribution in [1.82, 2.24) is 10.2 Å². The van der Waals surface area contributed by atoms with Gasteiger partial charge in [0.15, 0.2) is 0 Å². The first-order chi connectivity index (χ1) is 17.5. The fourth-order valence-electron chi connectivity index (χ4n) is 3.82. The Morgan fingerprint density at radius 3 is 2.25 bits per heavy atom. The van der Waals surface area contributed by atoms with Crippen molar-refractivity contribution in [3.05, 3.63) is 106 Å². The minimum absolute atomic E-state index is 0.0749. The third kappa shape index (κ3) is 8.88. The molecule has 0 spiro atoms. The van der Waals surface area contributed by atoms with Crippen LogP contribution in [0, 0.1) is 0 Å². The Morgan fingerprint density at radius 2 is 1.61 bits per heavy atom. The van der Waals surface area contributed by atoms with Crippen molar-refractivity contribution in [2.45, 2.75) is 44.5 Å². The fraction of sp³-hybridized carbons (Fsp3) is 0.310. The Hall–Kier alpha value is -2.47. The molecule has 190 valence electrons. The van der Waals surface area contributed by atoms with Gasteiger partial charge in [-0.1, -0.05) is 96.9 Å². The molecule has 3 rings (SSSR count). The predicted octanol–water partition coefficient (Wildman–Crippen LogP) is 6.78. The van der Waals surface area contributed by atoms with E-state index in [-0.39, 0.29) is 18.4 Å². The van der Waals surface area contributed by atoms with E-state index in [2.05, 4.69) is 17.4 Å². The average Bonchev–Trinajstić information content (AvgIpc) is 2.89. The van der Waals surface area contributed by atoms with Crippen molar-refractivity contribution in [3.8, 4) is 0 Å². The summed E-state index contributed by atoms with van der Waals surface area (Å²) < 4.78 is 0. The van der Waals surface area contributed by atoms with Crippen LogP contribution in [-0.2, 0) is 28.3 Å². The molecular weight excluding hydrogens is 511 g/mol. The zero-order chi connectivity index (χ0) is 25.8. The number of nitrogens with one attached hydrogen (secondary N) is 1. The van der Waals surface area contributed by atoms with Crippen LogP contribution >= 0.6 is 35.0 Å². The molecule has 0 fully saturated rings. The summed E-state index contributed by atoms with van der Waals surface area (Å²) in [5.74, 6) is 1.26. The summed E-state index contributed by atoms with van der Waals surface area (Å²) >= 11 is 14.3. The van der Waals surface area contributed by atoms with E-state index >= 15 is 0 Å². The van der Waals surface area contributed by atoms with E-state index in [9.17, 15) is 9.59 Å². The number of benzene rings is 3. The first kappa shape index (κ1) is 28.1. The highest BCUT2D eigenvalue weighted by Gasteiger charge is 2.30. The monoisotopic (exact) mass is 542 g/mol. The molecule has 0 aromatic heterocycles. The van der Waals surface area contributed by atoms with Crippen molar-refractivity contribution in [1.29, 1.82) is 0 Å². The Morgan fingerprint density at radius 1 is 0.944 bits per heavy atom. The molecule has 0 heterocycles. The van der Waals surface area contributed by atoms with Crippen LogP contribution in [-0.4, -0.2) is 35.1 Å². The Kier molecular flexibility index (Phi) is 11.7. The second-order valence-corrected chi connectivity index (χ2v) is 10.5. The van der Waals surface area contributed by atoms with Crippen LogP contribution in [0.1, 0.15) is 36.5 Å². The molecule has 1 N–H and O–H groups in total. The van der Waals surface area contributed by atoms with E-state index in [1.165, 1.54) is 5.56 Å². The quantitative estimate of drug-likeness (QED) is 0.242. The number of thioether (sulfide) groups is 1. The van der Waals surface area contributed by atoms with Crippen molar-refractivity contribution in [3.63, 3.8) is 0 Å². The number of carbonyl (C=O) groups is 2. The topological polar surface area (TPSA) is 49.4 Å². The van der Waals surface area contributed by atoms with Crippen LogP contribution in [0.4, 0.5) is 0 Å². The highest BCUT2D eigenvalue weighted by Crippen LogP contribution is 2.25. The maximum Gasteiger partial charge on any atom is 0.243 e. The van der Waals surface area contributed by atoms with Crippen LogP contribution in [0.2, 0.25) is 10.0 Å². The number of hydrogen-bond donors (Lipinski definition) is 1. The van der Waals surface area contributed by atoms with Gasteiger partial charge in [0.05, 0.1) is 0 Å². The molecule has 4 nitrogen and oxygen atoms in total. The van der Waals surface area contributed by atoms with Gasteiger partial charge in [-0.15, -0.1) is 0 Å². The predicted molar refractivity (Wildman–Crippen MR) is 151 cm³/mol. The third-order valence-corrected chi connectivity index (χ3v) is 7.37. The van der Waals surface area contributed by atoms with Gasteiger partial charge >= 0.3 is 0 Å². The summed E-state index contributed by atoms with van der Waals surface area (Å²) in [6, 6.07) is 24.6. The zero-order valence-corrected chi connectivity index (χ0v) is 22.8. The van der Waals surface area contributed by atoms with Gasteiger partial charge in [0.1, 0.15) is 6.04 Å². The van der Waals surface area contributed by atoms with Crippen molar-refractivity contribution < 1.29 is 9.59 Å². The van der Waals surface area contributed by atoms with Crippen LogP contribution in [0.3, 0.4) is 0 Å². The van der Waals surface area contributed by atoms with Gasteiger partial charge in [-0.3, -0.25) is 9.59 Å². The lowest BCUT2D eigenvalue weighted by Gasteiger charge is -2.32. The Bertz CT molecular complexity index is 1110. The highest BCUT2D eigenvalue weighted by atomic mass is 35.5. The van der Waals surface area contributed by atoms with E-state index in [0.717, 1.165) is 23.3 Å². The number of amides is 2. The molecule has 0 radical (unpaired) electrons. The van der Waals surface area contributed by atoms with Gasteiger partial charge in [0.2, 0.25) is 11.8 Å². The molecule has 2 amide bonds. The van der Waals surface area contributed by atoms with E-state index in [0.29, 0.717) is 35.2 Å². The Balaban J connectivity index is 1.81. The SMILES string of the molecule is CCCNC(=O)C(Cc1ccccc1)N(Cc1ccc(Cl)cc1Cl)C(=O)CCSCc1ccccc1. The smallest absolute Gasteiger partial charge is 0.243 e. The minimum atomic E-state index is -0.655. The molecule has 3 aromatic carbocycles. The lowest BCUT2D eigenvalue weighted by atomic mass is 10.0. The number of rotatable bonds is 13. The van der Waals surface area contributed by atoms with E-state index in [4.69, 9.17) is 23.2 Å². The highest BCUT2D eigenvalue weighted by molar-refractivity contribution is 7.98. The Labute approximate surface area is 228 Å². The maximum absolute atomic E-state index is 13.6. The van der Waals surface area contributed by atoms with Gasteiger partial charge in [0, 0.05) is 47.5 Å². The van der Waals surface area contributed by atoms with Gasteiger partial charge in [-0.2, -0.15) is 11.8 Å². The van der Waals surface area contributed by atoms with Gasteiger partial charge in [0.25, 0.3) is 0 Å². The van der Waals surface area contributed by atoms with Gasteiger partial charge in [-0.25, -0.2) is 0 Å². The van der Waals surface area contributed by atoms with Crippen LogP contribution in [0.25, 0.3) is 0 Å². The number of hydrogen-bond acceptors (Lipinski definition) is 3. The van der Waals surface area contributed by atoms with Crippen LogP contribution in [0.5, 0.6) is 0 Å². The van der Waals surface area contributed by atoms with Crippen molar-refractivity contribution in [2.24, 2.45) is 0 Å². The molecule has 7 heteroatoms. The van der Waals surface area contributed by atoms with E-state index < -0.39 is 6.04 Å². The molecule has 36 heavy (non-hydrogen) atoms. The molecule has 1 unspecified atom stereocenters. The molecule has 0 saturated carbocycles. The maximum atomic E-state index is 13.6. The summed E-state index contributed by atoms with van der Waals surface area (Å²) in [6.07, 6.45) is 1.57. The first-order valence-electron chi connectivity index (χ1n) is 12.1. The molecule has 0 bridgehead atoms. The van der Waals surface area contributed by atoms with Gasteiger partial charge in [-0.05, 0) is 35.2 Å². The van der Waals surface area contributed by atoms with Crippen LogP contribution in [0.15, 0.2) is 78.9 Å². The zero-order valence-electron chi connectivity index (χ0n) is 20.5. The molecule has 3 aromatic rings. The van der Waals surface area contributed by atoms with E-state index in [1.54, 1.807) is 28.8 Å². The summed E-state index contributed by atoms with van der Waals surface area (Å²) in [5.41, 5.74) is 2.97. The first-order valence-corrected chi connectivity index (χ1v) is 14.1. The summed E-state index contributed by atoms with van der Waals surface area (Å²) in [7, 11) is 0. The van der Waals surface area contributed by atoms with E-state index in [1.807, 2.05) is 61.5 Å². The lowest BCUT2D eigenvalue weighted by Crippen LogP contribution is -2.50.